The molecule has 1 aliphatic rings. The first kappa shape index (κ1) is 12.8. The van der Waals surface area contributed by atoms with Crippen molar-refractivity contribution >= 4 is 5.69 Å². The molecule has 0 radical (unpaired) electrons. The Labute approximate surface area is 105 Å². The number of anilines is 1. The van der Waals surface area contributed by atoms with E-state index in [1.54, 1.807) is 11.0 Å². The zero-order valence-corrected chi connectivity index (χ0v) is 10.2. The molecule has 1 fully saturated rings. The average molecular weight is 251 g/mol. The maximum atomic E-state index is 13.9. The Morgan fingerprint density at radius 3 is 2.39 bits per heavy atom. The molecule has 18 heavy (non-hydrogen) atoms. The van der Waals surface area contributed by atoms with Gasteiger partial charge in [0.2, 0.25) is 0 Å². The van der Waals surface area contributed by atoms with Crippen molar-refractivity contribution in [3.05, 3.63) is 29.3 Å². The van der Waals surface area contributed by atoms with Crippen molar-refractivity contribution in [2.75, 3.05) is 24.5 Å². The molecular weight excluding hydrogens is 236 g/mol. The standard InChI is InChI=1S/C13H15F2N3/c1-2-3-18(10-7-17-8-10)13-11(14)4-9(6-16)5-12(13)15/h4-5,10,17H,2-3,7-8H2,1H3. The van der Waals surface area contributed by atoms with Gasteiger partial charge in [-0.05, 0) is 18.6 Å². The van der Waals surface area contributed by atoms with E-state index in [-0.39, 0.29) is 17.3 Å². The molecule has 3 nitrogen and oxygen atoms in total. The van der Waals surface area contributed by atoms with Crippen molar-refractivity contribution in [2.24, 2.45) is 0 Å². The average Bonchev–Trinajstić information content (AvgIpc) is 2.25. The molecule has 0 aromatic heterocycles. The van der Waals surface area contributed by atoms with Crippen LogP contribution >= 0.6 is 0 Å². The lowest BCUT2D eigenvalue weighted by molar-refractivity contribution is 0.403. The Hall–Kier alpha value is -1.67. The number of nitriles is 1. The van der Waals surface area contributed by atoms with Crippen LogP contribution in [0, 0.1) is 23.0 Å². The van der Waals surface area contributed by atoms with Gasteiger partial charge in [-0.1, -0.05) is 6.92 Å². The predicted octanol–water partition coefficient (Wildman–Crippen LogP) is 2.02. The highest BCUT2D eigenvalue weighted by Gasteiger charge is 2.28. The van der Waals surface area contributed by atoms with Crippen molar-refractivity contribution in [2.45, 2.75) is 19.4 Å². The summed E-state index contributed by atoms with van der Waals surface area (Å²) in [5.41, 5.74) is -0.000664. The second-order valence-corrected chi connectivity index (χ2v) is 4.41. The van der Waals surface area contributed by atoms with Gasteiger partial charge in [0, 0.05) is 19.6 Å². The minimum atomic E-state index is -0.660. The summed E-state index contributed by atoms with van der Waals surface area (Å²) in [5, 5.41) is 11.8. The van der Waals surface area contributed by atoms with E-state index in [0.29, 0.717) is 6.54 Å². The number of hydrogen-bond acceptors (Lipinski definition) is 3. The van der Waals surface area contributed by atoms with Crippen LogP contribution in [0.15, 0.2) is 12.1 Å². The molecule has 0 unspecified atom stereocenters. The van der Waals surface area contributed by atoms with Crippen LogP contribution in [0.3, 0.4) is 0 Å². The van der Waals surface area contributed by atoms with Gasteiger partial charge in [0.05, 0.1) is 17.7 Å². The maximum absolute atomic E-state index is 13.9. The zero-order chi connectivity index (χ0) is 13.1. The summed E-state index contributed by atoms with van der Waals surface area (Å²) in [7, 11) is 0. The summed E-state index contributed by atoms with van der Waals surface area (Å²) in [6.45, 7) is 4.04. The fourth-order valence-corrected chi connectivity index (χ4v) is 2.12. The Morgan fingerprint density at radius 2 is 2.00 bits per heavy atom. The van der Waals surface area contributed by atoms with E-state index in [1.165, 1.54) is 0 Å². The third-order valence-electron chi connectivity index (χ3n) is 3.10. The Bertz CT molecular complexity index is 455. The normalized spacial score (nSPS) is 15.0. The van der Waals surface area contributed by atoms with Crippen molar-refractivity contribution in [3.63, 3.8) is 0 Å². The van der Waals surface area contributed by atoms with Crippen LogP contribution in [-0.2, 0) is 0 Å². The highest BCUT2D eigenvalue weighted by molar-refractivity contribution is 5.54. The number of benzene rings is 1. The van der Waals surface area contributed by atoms with Crippen LogP contribution in [0.4, 0.5) is 14.5 Å². The Morgan fingerprint density at radius 1 is 1.39 bits per heavy atom. The second kappa shape index (κ2) is 5.32. The molecule has 0 amide bonds. The van der Waals surface area contributed by atoms with Gasteiger partial charge in [0.25, 0.3) is 0 Å². The highest BCUT2D eigenvalue weighted by Crippen LogP contribution is 2.27. The molecular formula is C13H15F2N3. The summed E-state index contributed by atoms with van der Waals surface area (Å²) in [5.74, 6) is -1.32. The summed E-state index contributed by atoms with van der Waals surface area (Å²) in [4.78, 5) is 1.75. The smallest absolute Gasteiger partial charge is 0.150 e. The minimum absolute atomic E-state index is 0.0110. The van der Waals surface area contributed by atoms with E-state index in [1.807, 2.05) is 6.92 Å². The van der Waals surface area contributed by atoms with Crippen LogP contribution in [0.5, 0.6) is 0 Å². The third kappa shape index (κ3) is 2.29. The molecule has 0 spiro atoms. The quantitative estimate of drug-likeness (QED) is 0.890. The van der Waals surface area contributed by atoms with Gasteiger partial charge in [-0.3, -0.25) is 0 Å². The lowest BCUT2D eigenvalue weighted by Gasteiger charge is -2.40. The number of nitrogens with one attached hydrogen (secondary N) is 1. The molecule has 0 saturated carbocycles. The van der Waals surface area contributed by atoms with Gasteiger partial charge in [0.1, 0.15) is 5.69 Å². The molecule has 5 heteroatoms. The SMILES string of the molecule is CCCN(c1c(F)cc(C#N)cc1F)C1CNC1. The van der Waals surface area contributed by atoms with Gasteiger partial charge >= 0.3 is 0 Å². The lowest BCUT2D eigenvalue weighted by atomic mass is 10.1. The zero-order valence-electron chi connectivity index (χ0n) is 10.2. The van der Waals surface area contributed by atoms with E-state index in [2.05, 4.69) is 5.32 Å². The summed E-state index contributed by atoms with van der Waals surface area (Å²) in [6, 6.07) is 4.06. The topological polar surface area (TPSA) is 39.1 Å². The van der Waals surface area contributed by atoms with Crippen LogP contribution in [0.2, 0.25) is 0 Å². The van der Waals surface area contributed by atoms with Gasteiger partial charge < -0.3 is 10.2 Å². The number of rotatable bonds is 4. The predicted molar refractivity (Wildman–Crippen MR) is 65.4 cm³/mol. The monoisotopic (exact) mass is 251 g/mol. The van der Waals surface area contributed by atoms with Gasteiger partial charge in [-0.15, -0.1) is 0 Å². The molecule has 1 N–H and O–H groups in total. The first-order chi connectivity index (χ1) is 8.67. The summed E-state index contributed by atoms with van der Waals surface area (Å²) < 4.78 is 27.9. The highest BCUT2D eigenvalue weighted by atomic mass is 19.1. The van der Waals surface area contributed by atoms with Crippen molar-refractivity contribution < 1.29 is 8.78 Å². The van der Waals surface area contributed by atoms with Gasteiger partial charge in [0.15, 0.2) is 11.6 Å². The molecule has 0 atom stereocenters. The van der Waals surface area contributed by atoms with Crippen LogP contribution in [0.25, 0.3) is 0 Å². The van der Waals surface area contributed by atoms with Crippen LogP contribution in [0.1, 0.15) is 18.9 Å². The molecule has 1 aromatic rings. The van der Waals surface area contributed by atoms with E-state index in [9.17, 15) is 8.78 Å². The lowest BCUT2D eigenvalue weighted by Crippen LogP contribution is -2.58. The van der Waals surface area contributed by atoms with Crippen molar-refractivity contribution in [3.8, 4) is 6.07 Å². The largest absolute Gasteiger partial charge is 0.361 e. The fourth-order valence-electron chi connectivity index (χ4n) is 2.12. The Kier molecular flexibility index (Phi) is 3.78. The maximum Gasteiger partial charge on any atom is 0.150 e. The number of halogens is 2. The first-order valence-electron chi connectivity index (χ1n) is 6.04. The molecule has 2 rings (SSSR count). The van der Waals surface area contributed by atoms with E-state index < -0.39 is 11.6 Å². The third-order valence-corrected chi connectivity index (χ3v) is 3.10. The van der Waals surface area contributed by atoms with E-state index >= 15 is 0 Å². The molecule has 96 valence electrons. The van der Waals surface area contributed by atoms with E-state index in [4.69, 9.17) is 5.26 Å². The summed E-state index contributed by atoms with van der Waals surface area (Å²) in [6.07, 6.45) is 0.815. The molecule has 1 saturated heterocycles. The molecule has 0 aliphatic carbocycles. The van der Waals surface area contributed by atoms with Crippen molar-refractivity contribution in [1.82, 2.24) is 5.32 Å². The fraction of sp³-hybridized carbons (Fsp3) is 0.462. The molecule has 0 bridgehead atoms. The van der Waals surface area contributed by atoms with Gasteiger partial charge in [-0.2, -0.15) is 5.26 Å². The molecule has 1 heterocycles. The van der Waals surface area contributed by atoms with Gasteiger partial charge in [-0.25, -0.2) is 8.78 Å². The number of nitrogens with zero attached hydrogens (tertiary/aromatic N) is 2. The Balaban J connectivity index is 2.37. The van der Waals surface area contributed by atoms with Crippen molar-refractivity contribution in [1.29, 1.82) is 5.26 Å². The first-order valence-corrected chi connectivity index (χ1v) is 6.04. The second-order valence-electron chi connectivity index (χ2n) is 4.41. The number of hydrogen-bond donors (Lipinski definition) is 1. The van der Waals surface area contributed by atoms with E-state index in [0.717, 1.165) is 31.6 Å². The molecule has 1 aliphatic heterocycles. The summed E-state index contributed by atoms with van der Waals surface area (Å²) >= 11 is 0. The molecule has 1 aromatic carbocycles. The minimum Gasteiger partial charge on any atom is -0.361 e. The van der Waals surface area contributed by atoms with Crippen LogP contribution < -0.4 is 10.2 Å². The van der Waals surface area contributed by atoms with Crippen LogP contribution in [-0.4, -0.2) is 25.7 Å².